The van der Waals surface area contributed by atoms with E-state index >= 15 is 0 Å². The van der Waals surface area contributed by atoms with Crippen LogP contribution in [0.15, 0.2) is 218 Å². The van der Waals surface area contributed by atoms with Crippen LogP contribution in [0.4, 0.5) is 34.1 Å². The van der Waals surface area contributed by atoms with Crippen molar-refractivity contribution >= 4 is 128 Å². The monoisotopic (exact) mass is 852 g/mol. The van der Waals surface area contributed by atoms with Crippen LogP contribution in [0.2, 0.25) is 19.6 Å². The summed E-state index contributed by atoms with van der Waals surface area (Å²) in [5, 5.41) is 13.0. The first-order chi connectivity index (χ1) is 30.9. The van der Waals surface area contributed by atoms with Crippen molar-refractivity contribution in [2.24, 2.45) is 0 Å². The van der Waals surface area contributed by atoms with Gasteiger partial charge >= 0.3 is 0 Å². The molecule has 0 amide bonds. The van der Waals surface area contributed by atoms with Crippen LogP contribution in [0.1, 0.15) is 0 Å². The summed E-state index contributed by atoms with van der Waals surface area (Å²) in [4.78, 5) is 5.43. The largest absolute Gasteiger partial charge is 0.312 e. The van der Waals surface area contributed by atoms with Crippen LogP contribution >= 0.6 is 0 Å². The van der Waals surface area contributed by atoms with Gasteiger partial charge in [0, 0.05) is 34.1 Å². The number of hydrogen-bond donors (Lipinski definition) is 0. The molecule has 4 aliphatic heterocycles. The van der Waals surface area contributed by atoms with Gasteiger partial charge < -0.3 is 9.80 Å². The molecule has 0 unspecified atom stereocenters. The highest BCUT2D eigenvalue weighted by Gasteiger charge is 2.56. The lowest BCUT2D eigenvalue weighted by atomic mass is 9.33. The molecular formula is C57H45BN2Si3. The van der Waals surface area contributed by atoms with Crippen LogP contribution in [0.25, 0.3) is 0 Å². The van der Waals surface area contributed by atoms with Crippen molar-refractivity contribution in [3.63, 3.8) is 0 Å². The van der Waals surface area contributed by atoms with Gasteiger partial charge in [0.15, 0.2) is 16.1 Å². The Labute approximate surface area is 373 Å². The molecule has 0 atom stereocenters. The lowest BCUT2D eigenvalue weighted by Crippen LogP contribution is -2.80. The minimum Gasteiger partial charge on any atom is -0.312 e. The fourth-order valence-corrected chi connectivity index (χ4v) is 23.6. The number of nitrogens with zero attached hydrogens (tertiary/aromatic N) is 2. The van der Waals surface area contributed by atoms with Crippen molar-refractivity contribution in [2.75, 3.05) is 9.80 Å². The molecular weight excluding hydrogens is 808 g/mol. The minimum absolute atomic E-state index is 0.0371. The molecule has 0 saturated heterocycles. The molecule has 0 aromatic heterocycles. The molecule has 9 aromatic carbocycles. The maximum Gasteiger partial charge on any atom is 0.252 e. The fourth-order valence-electron chi connectivity index (χ4n) is 12.2. The van der Waals surface area contributed by atoms with Gasteiger partial charge in [0.25, 0.3) is 6.71 Å². The maximum atomic E-state index is 2.72. The van der Waals surface area contributed by atoms with Crippen molar-refractivity contribution in [1.29, 1.82) is 0 Å². The third-order valence-electron chi connectivity index (χ3n) is 14.7. The second kappa shape index (κ2) is 13.4. The number of para-hydroxylation sites is 4. The first-order valence-corrected chi connectivity index (χ1v) is 29.9. The molecule has 298 valence electrons. The molecule has 9 aromatic rings. The van der Waals surface area contributed by atoms with Crippen LogP contribution in [-0.4, -0.2) is 30.9 Å². The number of fused-ring (bicyclic) bond motifs is 8. The van der Waals surface area contributed by atoms with Gasteiger partial charge in [-0.1, -0.05) is 219 Å². The van der Waals surface area contributed by atoms with Gasteiger partial charge in [-0.3, -0.25) is 0 Å². The van der Waals surface area contributed by atoms with Gasteiger partial charge in [0.2, 0.25) is 0 Å². The highest BCUT2D eigenvalue weighted by molar-refractivity contribution is 7.23. The highest BCUT2D eigenvalue weighted by atomic mass is 28.3. The molecule has 4 aliphatic rings. The molecule has 6 heteroatoms. The molecule has 0 N–H and O–H groups in total. The van der Waals surface area contributed by atoms with Gasteiger partial charge in [-0.15, -0.1) is 0 Å². The van der Waals surface area contributed by atoms with Crippen molar-refractivity contribution in [3.8, 4) is 0 Å². The van der Waals surface area contributed by atoms with Gasteiger partial charge in [0.1, 0.15) is 0 Å². The van der Waals surface area contributed by atoms with E-state index in [1.165, 1.54) is 97.2 Å². The topological polar surface area (TPSA) is 6.48 Å². The van der Waals surface area contributed by atoms with Crippen molar-refractivity contribution < 1.29 is 0 Å². The Morgan fingerprint density at radius 3 is 1.05 bits per heavy atom. The second-order valence-corrected chi connectivity index (χ2v) is 31.3. The quantitative estimate of drug-likeness (QED) is 0.206. The third-order valence-corrected chi connectivity index (χ3v) is 26.4. The fraction of sp³-hybridized carbons (Fsp3) is 0.0526. The Morgan fingerprint density at radius 2 is 0.683 bits per heavy atom. The summed E-state index contributed by atoms with van der Waals surface area (Å²) in [7, 11) is -7.58. The zero-order chi connectivity index (χ0) is 42.1. The van der Waals surface area contributed by atoms with E-state index in [9.17, 15) is 0 Å². The zero-order valence-corrected chi connectivity index (χ0v) is 38.8. The summed E-state index contributed by atoms with van der Waals surface area (Å²) in [5.74, 6) is 0. The molecule has 0 saturated carbocycles. The molecule has 0 spiro atoms. The Balaban J connectivity index is 1.21. The van der Waals surface area contributed by atoms with E-state index in [2.05, 4.69) is 248 Å². The van der Waals surface area contributed by atoms with E-state index < -0.39 is 24.2 Å². The average Bonchev–Trinajstić information content (AvgIpc) is 3.34. The summed E-state index contributed by atoms with van der Waals surface area (Å²) in [6.45, 7) is 7.59. The summed E-state index contributed by atoms with van der Waals surface area (Å²) in [6.07, 6.45) is 0. The van der Waals surface area contributed by atoms with E-state index in [1.54, 1.807) is 0 Å². The second-order valence-electron chi connectivity index (χ2n) is 18.8. The first-order valence-electron chi connectivity index (χ1n) is 22.4. The van der Waals surface area contributed by atoms with E-state index in [-0.39, 0.29) is 6.71 Å². The van der Waals surface area contributed by atoms with E-state index in [1.807, 2.05) is 0 Å². The molecule has 63 heavy (non-hydrogen) atoms. The molecule has 0 aliphatic carbocycles. The standard InChI is InChI=1S/C57H45BN2Si3/c1-61(2,3)44-38-49-55-50(39-44)60-48-33-17-19-35-52(48)63(42-26-12-6-13-27-42,43-28-14-7-15-29-43)54-37-21-31-46(57(54)60)58(55)45-30-20-36-53-56(45)59(49)47-32-16-18-34-51(47)62(53,40-22-8-4-9-23-40)41-24-10-5-11-25-41/h4-39H,1-3H3. The van der Waals surface area contributed by atoms with Crippen molar-refractivity contribution in [1.82, 2.24) is 0 Å². The first kappa shape index (κ1) is 36.9. The van der Waals surface area contributed by atoms with E-state index in [4.69, 9.17) is 0 Å². The molecule has 4 heterocycles. The smallest absolute Gasteiger partial charge is 0.252 e. The zero-order valence-electron chi connectivity index (χ0n) is 35.8. The van der Waals surface area contributed by atoms with Gasteiger partial charge in [0.05, 0.1) is 8.07 Å². The molecule has 2 nitrogen and oxygen atoms in total. The SMILES string of the molecule is C[Si](C)(C)c1cc2c3c(c1)N1c4ccccc4[Si](c4ccccc4)(c4ccccc4)c4cccc(c41)B3c1cccc3c1N2c1ccccc1[Si]3(c1ccccc1)c1ccccc1. The normalized spacial score (nSPS) is 15.4. The number of rotatable bonds is 5. The Kier molecular flexibility index (Phi) is 7.85. The minimum atomic E-state index is -2.85. The average molecular weight is 853 g/mol. The highest BCUT2D eigenvalue weighted by Crippen LogP contribution is 2.46. The summed E-state index contributed by atoms with van der Waals surface area (Å²) in [6, 6.07) is 84.7. The van der Waals surface area contributed by atoms with Crippen LogP contribution in [0, 0.1) is 0 Å². The van der Waals surface area contributed by atoms with Gasteiger partial charge in [-0.05, 0) is 82.1 Å². The van der Waals surface area contributed by atoms with Crippen molar-refractivity contribution in [2.45, 2.75) is 19.6 Å². The predicted octanol–water partition coefficient (Wildman–Crippen LogP) is 5.70. The van der Waals surface area contributed by atoms with Crippen molar-refractivity contribution in [3.05, 3.63) is 218 Å². The lowest BCUT2D eigenvalue weighted by molar-refractivity contribution is 1.26. The Hall–Kier alpha value is -6.70. The predicted molar refractivity (Wildman–Crippen MR) is 278 cm³/mol. The molecule has 13 rings (SSSR count). The van der Waals surface area contributed by atoms with Gasteiger partial charge in [-0.25, -0.2) is 0 Å². The number of anilines is 6. The van der Waals surface area contributed by atoms with Crippen LogP contribution < -0.4 is 72.9 Å². The molecule has 0 radical (unpaired) electrons. The van der Waals surface area contributed by atoms with Crippen LogP contribution in [0.5, 0.6) is 0 Å². The summed E-state index contributed by atoms with van der Waals surface area (Å²) < 4.78 is 0. The molecule has 0 fully saturated rings. The summed E-state index contributed by atoms with van der Waals surface area (Å²) in [5.41, 5.74) is 12.3. The number of benzene rings is 9. The third kappa shape index (κ3) is 4.78. The maximum absolute atomic E-state index is 2.85. The lowest BCUT2D eigenvalue weighted by Gasteiger charge is -2.53. The Morgan fingerprint density at radius 1 is 0.349 bits per heavy atom. The van der Waals surface area contributed by atoms with Crippen LogP contribution in [0.3, 0.4) is 0 Å². The van der Waals surface area contributed by atoms with Crippen LogP contribution in [-0.2, 0) is 0 Å². The van der Waals surface area contributed by atoms with Gasteiger partial charge in [-0.2, -0.15) is 0 Å². The van der Waals surface area contributed by atoms with E-state index in [0.29, 0.717) is 0 Å². The summed E-state index contributed by atoms with van der Waals surface area (Å²) >= 11 is 0. The number of hydrogen-bond acceptors (Lipinski definition) is 2. The van der Waals surface area contributed by atoms with E-state index in [0.717, 1.165) is 0 Å². The molecule has 0 bridgehead atoms. The Bertz CT molecular complexity index is 3010.